The molecular weight excluding hydrogens is 411 g/mol. The molecule has 0 unspecified atom stereocenters. The molecule has 0 radical (unpaired) electrons. The average Bonchev–Trinajstić information content (AvgIpc) is 3.17. The van der Waals surface area contributed by atoms with Gasteiger partial charge in [0.15, 0.2) is 11.7 Å². The van der Waals surface area contributed by atoms with Crippen LogP contribution in [0.4, 0.5) is 0 Å². The van der Waals surface area contributed by atoms with Crippen LogP contribution in [0.5, 0.6) is 0 Å². The van der Waals surface area contributed by atoms with Crippen LogP contribution in [0.3, 0.4) is 0 Å². The highest BCUT2D eigenvalue weighted by atomic mass is 35.5. The molecule has 0 bridgehead atoms. The minimum absolute atomic E-state index is 0. The van der Waals surface area contributed by atoms with E-state index >= 15 is 0 Å². The normalized spacial score (nSPS) is 11.4. The molecule has 11 heteroatoms. The number of pyridine rings is 1. The van der Waals surface area contributed by atoms with E-state index in [1.54, 1.807) is 30.5 Å². The third-order valence-corrected chi connectivity index (χ3v) is 4.53. The van der Waals surface area contributed by atoms with E-state index in [4.69, 9.17) is 21.9 Å². The Hall–Kier alpha value is -2.88. The van der Waals surface area contributed by atoms with E-state index < -0.39 is 0 Å². The van der Waals surface area contributed by atoms with Gasteiger partial charge >= 0.3 is 0 Å². The molecule has 0 amide bonds. The number of nitrogens with zero attached hydrogens (tertiary/aromatic N) is 4. The van der Waals surface area contributed by atoms with Crippen LogP contribution in [0, 0.1) is 0 Å². The van der Waals surface area contributed by atoms with Crippen molar-refractivity contribution in [2.75, 3.05) is 0 Å². The third-order valence-electron chi connectivity index (χ3n) is 3.46. The van der Waals surface area contributed by atoms with Crippen molar-refractivity contribution in [1.29, 1.82) is 0 Å². The van der Waals surface area contributed by atoms with Gasteiger partial charge in [-0.05, 0) is 17.7 Å². The lowest BCUT2D eigenvalue weighted by molar-refractivity contribution is 0.318. The summed E-state index contributed by atoms with van der Waals surface area (Å²) in [7, 11) is 0. The summed E-state index contributed by atoms with van der Waals surface area (Å²) >= 11 is 1.48. The highest BCUT2D eigenvalue weighted by molar-refractivity contribution is 7.18. The lowest BCUT2D eigenvalue weighted by Crippen LogP contribution is -2.13. The standard InChI is InChI=1S/C16H14N6O2S.2ClH/c17-14(21-23)10-3-1-9(2-4-10)13-8-20-16(25-13)12-6-5-11(7-19-12)15(18)22-24;;/h1-8,23-24H,(H2,17,21)(H2,18,22);2*1H. The summed E-state index contributed by atoms with van der Waals surface area (Å²) in [6.45, 7) is 0. The maximum atomic E-state index is 8.69. The van der Waals surface area contributed by atoms with Gasteiger partial charge in [0.2, 0.25) is 0 Å². The number of amidine groups is 2. The molecule has 0 aliphatic heterocycles. The lowest BCUT2D eigenvalue weighted by atomic mass is 10.1. The van der Waals surface area contributed by atoms with Crippen molar-refractivity contribution in [3.63, 3.8) is 0 Å². The number of hydrogen-bond acceptors (Lipinski definition) is 7. The first-order chi connectivity index (χ1) is 12.1. The predicted octanol–water partition coefficient (Wildman–Crippen LogP) is 2.90. The Morgan fingerprint density at radius 2 is 1.41 bits per heavy atom. The van der Waals surface area contributed by atoms with Crippen LogP contribution in [-0.2, 0) is 0 Å². The number of halogens is 2. The van der Waals surface area contributed by atoms with Crippen LogP contribution >= 0.6 is 36.2 Å². The van der Waals surface area contributed by atoms with Crippen molar-refractivity contribution in [3.8, 4) is 21.1 Å². The van der Waals surface area contributed by atoms with Gasteiger partial charge in [-0.15, -0.1) is 36.2 Å². The molecule has 0 spiro atoms. The molecule has 1 aromatic carbocycles. The third kappa shape index (κ3) is 4.85. The van der Waals surface area contributed by atoms with E-state index in [2.05, 4.69) is 20.3 Å². The van der Waals surface area contributed by atoms with Gasteiger partial charge in [-0.3, -0.25) is 4.98 Å². The van der Waals surface area contributed by atoms with Gasteiger partial charge in [-0.1, -0.05) is 34.6 Å². The number of nitrogens with two attached hydrogens (primary N) is 2. The van der Waals surface area contributed by atoms with Crippen molar-refractivity contribution < 1.29 is 10.4 Å². The summed E-state index contributed by atoms with van der Waals surface area (Å²) in [5.74, 6) is 0.0659. The Morgan fingerprint density at radius 1 is 0.815 bits per heavy atom. The zero-order valence-corrected chi connectivity index (χ0v) is 16.1. The van der Waals surface area contributed by atoms with Gasteiger partial charge in [0, 0.05) is 23.5 Å². The maximum absolute atomic E-state index is 8.69. The second-order valence-corrected chi connectivity index (χ2v) is 6.04. The van der Waals surface area contributed by atoms with Crippen molar-refractivity contribution in [3.05, 3.63) is 59.9 Å². The van der Waals surface area contributed by atoms with E-state index in [1.807, 2.05) is 12.1 Å². The number of oxime groups is 2. The number of hydrogen-bond donors (Lipinski definition) is 4. The molecule has 142 valence electrons. The fourth-order valence-corrected chi connectivity index (χ4v) is 3.02. The Balaban J connectivity index is 0.00000182. The summed E-state index contributed by atoms with van der Waals surface area (Å²) in [4.78, 5) is 9.64. The first kappa shape index (κ1) is 22.2. The fraction of sp³-hybridized carbons (Fsp3) is 0. The summed E-state index contributed by atoms with van der Waals surface area (Å²) in [6, 6.07) is 10.8. The van der Waals surface area contributed by atoms with Crippen LogP contribution in [0.15, 0.2) is 59.1 Å². The number of benzene rings is 1. The minimum Gasteiger partial charge on any atom is -0.409 e. The second kappa shape index (κ2) is 9.72. The summed E-state index contributed by atoms with van der Waals surface area (Å²) in [5.41, 5.74) is 13.9. The largest absolute Gasteiger partial charge is 0.409 e. The number of thiazole rings is 1. The van der Waals surface area contributed by atoms with Gasteiger partial charge in [-0.2, -0.15) is 0 Å². The smallest absolute Gasteiger partial charge is 0.171 e. The van der Waals surface area contributed by atoms with E-state index in [0.717, 1.165) is 15.4 Å². The first-order valence-electron chi connectivity index (χ1n) is 7.11. The van der Waals surface area contributed by atoms with Gasteiger partial charge in [0.05, 0.1) is 10.6 Å². The topological polar surface area (TPSA) is 143 Å². The quantitative estimate of drug-likeness (QED) is 0.218. The number of aromatic nitrogens is 2. The Bertz CT molecular complexity index is 866. The molecule has 6 N–H and O–H groups in total. The first-order valence-corrected chi connectivity index (χ1v) is 7.92. The zero-order valence-electron chi connectivity index (χ0n) is 13.7. The maximum Gasteiger partial charge on any atom is 0.171 e. The van der Waals surface area contributed by atoms with Crippen LogP contribution in [0.2, 0.25) is 0 Å². The van der Waals surface area contributed by atoms with Crippen LogP contribution in [0.1, 0.15) is 11.1 Å². The van der Waals surface area contributed by atoms with Gasteiger partial charge < -0.3 is 21.9 Å². The van der Waals surface area contributed by atoms with Gasteiger partial charge in [0.25, 0.3) is 0 Å². The monoisotopic (exact) mass is 426 g/mol. The molecule has 2 heterocycles. The molecule has 0 aliphatic carbocycles. The van der Waals surface area contributed by atoms with E-state index in [-0.39, 0.29) is 36.5 Å². The summed E-state index contributed by atoms with van der Waals surface area (Å²) < 4.78 is 0. The lowest BCUT2D eigenvalue weighted by Gasteiger charge is -2.01. The van der Waals surface area contributed by atoms with Crippen molar-refractivity contribution in [2.24, 2.45) is 21.8 Å². The predicted molar refractivity (Wildman–Crippen MR) is 110 cm³/mol. The van der Waals surface area contributed by atoms with E-state index in [1.165, 1.54) is 17.5 Å². The Morgan fingerprint density at radius 3 is 1.96 bits per heavy atom. The highest BCUT2D eigenvalue weighted by Gasteiger charge is 2.09. The van der Waals surface area contributed by atoms with Crippen LogP contribution < -0.4 is 11.5 Å². The SMILES string of the molecule is Cl.Cl.N/C(=N\O)c1ccc(-c2cnc(-c3ccc(/C(N)=N\O)cn3)s2)cc1. The molecule has 3 aromatic rings. The molecule has 27 heavy (non-hydrogen) atoms. The molecule has 0 saturated carbocycles. The minimum atomic E-state index is 0. The summed E-state index contributed by atoms with van der Waals surface area (Å²) in [6.07, 6.45) is 3.29. The Kier molecular flexibility index (Phi) is 7.98. The molecule has 0 atom stereocenters. The molecule has 8 nitrogen and oxygen atoms in total. The average molecular weight is 427 g/mol. The molecule has 0 fully saturated rings. The second-order valence-electron chi connectivity index (χ2n) is 5.01. The zero-order chi connectivity index (χ0) is 17.8. The van der Waals surface area contributed by atoms with Crippen molar-refractivity contribution >= 4 is 47.8 Å². The molecule has 3 rings (SSSR count). The molecule has 0 saturated heterocycles. The molecular formula is C16H16Cl2N6O2S. The summed E-state index contributed by atoms with van der Waals surface area (Å²) in [5, 5.41) is 24.0. The van der Waals surface area contributed by atoms with E-state index in [0.29, 0.717) is 16.8 Å². The van der Waals surface area contributed by atoms with Gasteiger partial charge in [-0.25, -0.2) is 4.98 Å². The van der Waals surface area contributed by atoms with Crippen LogP contribution in [-0.4, -0.2) is 32.1 Å². The van der Waals surface area contributed by atoms with E-state index in [9.17, 15) is 0 Å². The van der Waals surface area contributed by atoms with Crippen molar-refractivity contribution in [1.82, 2.24) is 9.97 Å². The van der Waals surface area contributed by atoms with Gasteiger partial charge in [0.1, 0.15) is 5.01 Å². The van der Waals surface area contributed by atoms with Crippen LogP contribution in [0.25, 0.3) is 21.1 Å². The number of rotatable bonds is 4. The molecule has 0 aliphatic rings. The fourth-order valence-electron chi connectivity index (χ4n) is 2.12. The highest BCUT2D eigenvalue weighted by Crippen LogP contribution is 2.31. The van der Waals surface area contributed by atoms with Crippen molar-refractivity contribution in [2.45, 2.75) is 0 Å². The Labute approximate surface area is 171 Å². The molecule has 2 aromatic heterocycles.